The summed E-state index contributed by atoms with van der Waals surface area (Å²) < 4.78 is 44.5. The van der Waals surface area contributed by atoms with Crippen LogP contribution in [0.4, 0.5) is 47.8 Å². The van der Waals surface area contributed by atoms with E-state index in [1.807, 2.05) is 72.0 Å². The van der Waals surface area contributed by atoms with Crippen LogP contribution in [0.15, 0.2) is 201 Å². The fraction of sp³-hybridized carbons (Fsp3) is 0.209. The maximum Gasteiger partial charge on any atom is 0.416 e. The fourth-order valence-corrected chi connectivity index (χ4v) is 11.4. The van der Waals surface area contributed by atoms with Crippen LogP contribution in [0.3, 0.4) is 0 Å². The average molecular weight is 1120 g/mol. The van der Waals surface area contributed by atoms with Gasteiger partial charge in [-0.05, 0) is 111 Å². The fourth-order valence-electron chi connectivity index (χ4n) is 11.4. The Labute approximate surface area is 484 Å². The van der Waals surface area contributed by atoms with Crippen molar-refractivity contribution < 1.29 is 17.9 Å². The number of hydrogen-bond donors (Lipinski definition) is 0. The summed E-state index contributed by atoms with van der Waals surface area (Å²) in [6, 6.07) is 57.1. The number of alkyl halides is 3. The lowest BCUT2D eigenvalue weighted by Crippen LogP contribution is -2.47. The van der Waals surface area contributed by atoms with Crippen LogP contribution in [0, 0.1) is 0 Å². The van der Waals surface area contributed by atoms with Crippen LogP contribution in [-0.4, -0.2) is 121 Å². The Morgan fingerprint density at radius 1 is 0.345 bits per heavy atom. The molecule has 4 aromatic heterocycles. The second-order valence-electron chi connectivity index (χ2n) is 21.1. The normalized spacial score (nSPS) is 14.9. The molecule has 84 heavy (non-hydrogen) atoms. The molecule has 12 aromatic rings. The average Bonchev–Trinajstić information content (AvgIpc) is 3.58. The lowest BCUT2D eigenvalue weighted by atomic mass is 10.1. The Balaban J connectivity index is 0.000000118. The highest BCUT2D eigenvalue weighted by Gasteiger charge is 2.31. The molecule has 14 nitrogen and oxygen atoms in total. The van der Waals surface area contributed by atoms with E-state index in [1.54, 1.807) is 19.4 Å². The van der Waals surface area contributed by atoms with Crippen LogP contribution < -0.4 is 34.1 Å². The van der Waals surface area contributed by atoms with Crippen LogP contribution in [0.1, 0.15) is 5.56 Å². The molecule has 0 atom stereocenters. The minimum absolute atomic E-state index is 0.598. The summed E-state index contributed by atoms with van der Waals surface area (Å²) in [6.45, 7) is 9.98. The van der Waals surface area contributed by atoms with Crippen molar-refractivity contribution in [3.05, 3.63) is 206 Å². The quantitative estimate of drug-likeness (QED) is 0.141. The topological polar surface area (TPSA) is 119 Å². The number of ether oxygens (including phenoxy) is 1. The first-order valence-corrected chi connectivity index (χ1v) is 28.3. The molecule has 0 N–H and O–H groups in total. The highest BCUT2D eigenvalue weighted by Crippen LogP contribution is 2.34. The van der Waals surface area contributed by atoms with Gasteiger partial charge in [-0.3, -0.25) is 15.0 Å². The lowest BCUT2D eigenvalue weighted by molar-refractivity contribution is -0.137. The standard InChI is InChI=1S/C23H19F3N4.C23H22N4O.C21H19N5/c24-23(25,26)18-6-3-7-19(14-18)29-8-10-30(11-9-29)22-15-27-20-12-16-4-1-2-5-17(16)13-21(20)28-22;1-28-22-9-5-4-8-21(22)26-10-12-27(13-11-26)23-16-24-19-14-17-6-2-3-7-18(17)15-20(19)25-23;1-2-6-17-14-19-18(13-16(17)5-1)23-15-21(24-19)26-11-9-25(10-12-26)20-7-3-4-8-22-20/h1-7,12-15H,8-11H2;2-9,14-16H,10-13H2,1H3;1-8,13-15H,9-12H2. The van der Waals surface area contributed by atoms with Gasteiger partial charge in [0.2, 0.25) is 0 Å². The Hall–Kier alpha value is -9.90. The minimum Gasteiger partial charge on any atom is -0.495 e. The van der Waals surface area contributed by atoms with E-state index in [2.05, 4.69) is 148 Å². The molecule has 3 saturated heterocycles. The van der Waals surface area contributed by atoms with Gasteiger partial charge in [0.25, 0.3) is 0 Å². The van der Waals surface area contributed by atoms with Gasteiger partial charge in [-0.25, -0.2) is 19.9 Å². The van der Waals surface area contributed by atoms with Gasteiger partial charge in [-0.2, -0.15) is 13.2 Å². The summed E-state index contributed by atoms with van der Waals surface area (Å²) in [6.07, 6.45) is 3.09. The largest absolute Gasteiger partial charge is 0.495 e. The van der Waals surface area contributed by atoms with E-state index in [1.165, 1.54) is 33.7 Å². The molecule has 17 heteroatoms. The van der Waals surface area contributed by atoms with Crippen LogP contribution in [0.5, 0.6) is 5.75 Å². The zero-order valence-corrected chi connectivity index (χ0v) is 46.4. The molecule has 0 unspecified atom stereocenters. The van der Waals surface area contributed by atoms with Crippen molar-refractivity contribution in [1.82, 2.24) is 34.9 Å². The van der Waals surface area contributed by atoms with Gasteiger partial charge in [-0.1, -0.05) is 97.1 Å². The van der Waals surface area contributed by atoms with Gasteiger partial charge in [-0.15, -0.1) is 0 Å². The predicted octanol–water partition coefficient (Wildman–Crippen LogP) is 12.8. The number of para-hydroxylation sites is 2. The summed E-state index contributed by atoms with van der Waals surface area (Å²) in [5.74, 6) is 4.66. The Morgan fingerprint density at radius 3 is 1.12 bits per heavy atom. The number of benzene rings is 8. The number of methoxy groups -OCH3 is 1. The molecule has 420 valence electrons. The number of fused-ring (bicyclic) bond motifs is 6. The molecular formula is C67H60F3N13O. The molecule has 0 saturated carbocycles. The van der Waals surface area contributed by atoms with E-state index in [-0.39, 0.29) is 0 Å². The molecule has 3 aliphatic heterocycles. The monoisotopic (exact) mass is 1120 g/mol. The van der Waals surface area contributed by atoms with Crippen molar-refractivity contribution in [1.29, 1.82) is 0 Å². The Morgan fingerprint density at radius 2 is 0.714 bits per heavy atom. The third-order valence-corrected chi connectivity index (χ3v) is 15.9. The van der Waals surface area contributed by atoms with Gasteiger partial charge in [0.15, 0.2) is 0 Å². The molecule has 3 aliphatic rings. The Bertz CT molecular complexity index is 4280. The van der Waals surface area contributed by atoms with Crippen molar-refractivity contribution in [2.24, 2.45) is 0 Å². The number of anilines is 6. The number of aromatic nitrogens is 7. The van der Waals surface area contributed by atoms with Crippen molar-refractivity contribution >= 4 is 100 Å². The van der Waals surface area contributed by atoms with E-state index in [9.17, 15) is 13.2 Å². The van der Waals surface area contributed by atoms with Gasteiger partial charge in [0.1, 0.15) is 29.0 Å². The van der Waals surface area contributed by atoms with E-state index < -0.39 is 11.7 Å². The summed E-state index contributed by atoms with van der Waals surface area (Å²) in [4.78, 5) is 46.3. The maximum absolute atomic E-state index is 13.0. The molecule has 0 spiro atoms. The zero-order chi connectivity index (χ0) is 57.0. The van der Waals surface area contributed by atoms with Gasteiger partial charge >= 0.3 is 6.18 Å². The molecule has 0 radical (unpaired) electrons. The molecule has 0 amide bonds. The summed E-state index contributed by atoms with van der Waals surface area (Å²) in [7, 11) is 1.73. The SMILES string of the molecule is COc1ccccc1N1CCN(c2cnc3cc4ccccc4cc3n2)CC1.FC(F)(F)c1cccc(N2CCN(c3cnc4cc5ccccc5cc4n3)CC2)c1.c1ccc(N2CCN(c3cnc4cc5ccccc5cc4n3)CC2)nc1. The van der Waals surface area contributed by atoms with E-state index in [0.29, 0.717) is 31.9 Å². The number of halogens is 3. The Kier molecular flexibility index (Phi) is 15.0. The van der Waals surface area contributed by atoms with Crippen molar-refractivity contribution in [2.45, 2.75) is 6.18 Å². The van der Waals surface area contributed by atoms with E-state index in [4.69, 9.17) is 19.7 Å². The molecule has 7 heterocycles. The molecule has 3 fully saturated rings. The highest BCUT2D eigenvalue weighted by molar-refractivity contribution is 5.97. The molecule has 8 aromatic carbocycles. The first-order chi connectivity index (χ1) is 41.1. The third kappa shape index (κ3) is 11.6. The number of hydrogen-bond acceptors (Lipinski definition) is 14. The summed E-state index contributed by atoms with van der Waals surface area (Å²) >= 11 is 0. The first-order valence-electron chi connectivity index (χ1n) is 28.3. The van der Waals surface area contributed by atoms with E-state index >= 15 is 0 Å². The van der Waals surface area contributed by atoms with Crippen molar-refractivity contribution in [2.75, 3.05) is 115 Å². The van der Waals surface area contributed by atoms with Crippen LogP contribution in [-0.2, 0) is 6.18 Å². The number of pyridine rings is 1. The first kappa shape index (κ1) is 53.4. The van der Waals surface area contributed by atoms with E-state index in [0.717, 1.165) is 137 Å². The molecule has 0 bridgehead atoms. The lowest BCUT2D eigenvalue weighted by Gasteiger charge is -2.37. The van der Waals surface area contributed by atoms with Gasteiger partial charge < -0.3 is 34.1 Å². The van der Waals surface area contributed by atoms with Gasteiger partial charge in [0.05, 0.1) is 70.1 Å². The smallest absolute Gasteiger partial charge is 0.416 e. The van der Waals surface area contributed by atoms with Crippen LogP contribution >= 0.6 is 0 Å². The second kappa shape index (κ2) is 23.5. The zero-order valence-electron chi connectivity index (χ0n) is 46.4. The third-order valence-electron chi connectivity index (χ3n) is 15.9. The summed E-state index contributed by atoms with van der Waals surface area (Å²) in [5.41, 5.74) is 6.61. The molecule has 0 aliphatic carbocycles. The molecular weight excluding hydrogens is 1060 g/mol. The highest BCUT2D eigenvalue weighted by atomic mass is 19.4. The molecule has 15 rings (SSSR count). The minimum atomic E-state index is -4.33. The number of piperazine rings is 3. The second-order valence-corrected chi connectivity index (χ2v) is 21.1. The van der Waals surface area contributed by atoms with Gasteiger partial charge in [0, 0.05) is 90.4 Å². The van der Waals surface area contributed by atoms with Crippen molar-refractivity contribution in [3.8, 4) is 5.75 Å². The predicted molar refractivity (Wildman–Crippen MR) is 333 cm³/mol. The maximum atomic E-state index is 13.0. The number of nitrogens with zero attached hydrogens (tertiary/aromatic N) is 13. The van der Waals surface area contributed by atoms with Crippen LogP contribution in [0.25, 0.3) is 65.4 Å². The van der Waals surface area contributed by atoms with Crippen LogP contribution in [0.2, 0.25) is 0 Å². The summed E-state index contributed by atoms with van der Waals surface area (Å²) in [5, 5.41) is 7.04. The number of rotatable bonds is 7. The van der Waals surface area contributed by atoms with Crippen molar-refractivity contribution in [3.63, 3.8) is 0 Å².